The highest BCUT2D eigenvalue weighted by molar-refractivity contribution is 5.79. The van der Waals surface area contributed by atoms with Crippen molar-refractivity contribution in [1.29, 1.82) is 0 Å². The number of hydrogen-bond acceptors (Lipinski definition) is 4. The van der Waals surface area contributed by atoms with Crippen molar-refractivity contribution in [3.8, 4) is 0 Å². The first-order valence-electron chi connectivity index (χ1n) is 9.76. The number of hydrogen-bond donors (Lipinski definition) is 3. The average Bonchev–Trinajstić information content (AvgIpc) is 3.07. The number of nitrogens with zero attached hydrogens (tertiary/aromatic N) is 2. The van der Waals surface area contributed by atoms with E-state index in [-0.39, 0.29) is 6.61 Å². The number of rotatable bonds is 12. The molecule has 1 atom stereocenters. The van der Waals surface area contributed by atoms with E-state index in [0.717, 1.165) is 62.6 Å². The third-order valence-electron chi connectivity index (χ3n) is 4.51. The number of aliphatic hydroxyl groups excluding tert-OH is 1. The summed E-state index contributed by atoms with van der Waals surface area (Å²) in [5.74, 6) is 2.49. The minimum Gasteiger partial charge on any atom is -0.396 e. The molecule has 0 amide bonds. The lowest BCUT2D eigenvalue weighted by Crippen LogP contribution is -2.40. The Labute approximate surface area is 152 Å². The monoisotopic (exact) mass is 352 g/mol. The van der Waals surface area contributed by atoms with Gasteiger partial charge in [-0.3, -0.25) is 0 Å². The van der Waals surface area contributed by atoms with E-state index in [1.54, 1.807) is 0 Å². The summed E-state index contributed by atoms with van der Waals surface area (Å²) in [6.45, 7) is 10.9. The van der Waals surface area contributed by atoms with Gasteiger partial charge in [-0.1, -0.05) is 32.3 Å². The van der Waals surface area contributed by atoms with Gasteiger partial charge in [0.15, 0.2) is 11.7 Å². The number of guanidine groups is 1. The van der Waals surface area contributed by atoms with Gasteiger partial charge in [0.2, 0.25) is 0 Å². The fourth-order valence-corrected chi connectivity index (χ4v) is 2.98. The van der Waals surface area contributed by atoms with E-state index >= 15 is 0 Å². The average molecular weight is 353 g/mol. The lowest BCUT2D eigenvalue weighted by atomic mass is 9.99. The number of aliphatic imine (C=N–C) groups is 1. The van der Waals surface area contributed by atoms with Gasteiger partial charge < -0.3 is 20.3 Å². The Morgan fingerprint density at radius 1 is 1.20 bits per heavy atom. The molecule has 3 N–H and O–H groups in total. The standard InChI is InChI=1S/C19H36N4O2/c1-5-9-15(10-11-24)13-21-19(20-8-4)22-14-17-12-18(23-25-17)16(6-2)7-3/h12,15-16,24H,5-11,13-14H2,1-4H3,(H2,20,21,22). The number of aliphatic hydroxyl groups is 1. The van der Waals surface area contributed by atoms with Gasteiger partial charge in [0.25, 0.3) is 0 Å². The van der Waals surface area contributed by atoms with Crippen LogP contribution >= 0.6 is 0 Å². The normalized spacial score (nSPS) is 13.3. The molecule has 0 aliphatic rings. The molecular weight excluding hydrogens is 316 g/mol. The largest absolute Gasteiger partial charge is 0.396 e. The Bertz CT molecular complexity index is 478. The molecule has 0 saturated heterocycles. The smallest absolute Gasteiger partial charge is 0.191 e. The summed E-state index contributed by atoms with van der Waals surface area (Å²) < 4.78 is 5.43. The maximum atomic E-state index is 9.18. The Balaban J connectivity index is 2.62. The molecule has 0 aliphatic carbocycles. The molecule has 0 fully saturated rings. The van der Waals surface area contributed by atoms with Crippen LogP contribution in [-0.2, 0) is 6.54 Å². The highest BCUT2D eigenvalue weighted by Gasteiger charge is 2.13. The Morgan fingerprint density at radius 3 is 2.56 bits per heavy atom. The zero-order valence-corrected chi connectivity index (χ0v) is 16.3. The van der Waals surface area contributed by atoms with Crippen molar-refractivity contribution in [2.45, 2.75) is 72.3 Å². The van der Waals surface area contributed by atoms with Crippen LogP contribution in [0.2, 0.25) is 0 Å². The van der Waals surface area contributed by atoms with Crippen LogP contribution in [0.15, 0.2) is 15.6 Å². The third kappa shape index (κ3) is 7.90. The van der Waals surface area contributed by atoms with Crippen LogP contribution in [0.1, 0.15) is 77.2 Å². The summed E-state index contributed by atoms with van der Waals surface area (Å²) in [6.07, 6.45) is 5.19. The van der Waals surface area contributed by atoms with E-state index in [1.165, 1.54) is 0 Å². The molecular formula is C19H36N4O2. The second kappa shape index (κ2) is 12.8. The van der Waals surface area contributed by atoms with Gasteiger partial charge >= 0.3 is 0 Å². The molecule has 6 nitrogen and oxygen atoms in total. The molecule has 1 heterocycles. The molecule has 0 spiro atoms. The second-order valence-corrected chi connectivity index (χ2v) is 6.47. The molecule has 0 aromatic carbocycles. The summed E-state index contributed by atoms with van der Waals surface area (Å²) in [5.41, 5.74) is 1.03. The Kier molecular flexibility index (Phi) is 11.0. The quantitative estimate of drug-likeness (QED) is 0.396. The van der Waals surface area contributed by atoms with Crippen LogP contribution in [0.4, 0.5) is 0 Å². The van der Waals surface area contributed by atoms with Gasteiger partial charge in [-0.2, -0.15) is 0 Å². The van der Waals surface area contributed by atoms with Crippen molar-refractivity contribution in [3.05, 3.63) is 17.5 Å². The van der Waals surface area contributed by atoms with Gasteiger partial charge in [-0.25, -0.2) is 4.99 Å². The fraction of sp³-hybridized carbons (Fsp3) is 0.789. The van der Waals surface area contributed by atoms with Crippen LogP contribution in [-0.4, -0.2) is 35.9 Å². The van der Waals surface area contributed by atoms with E-state index in [1.807, 2.05) is 13.0 Å². The Morgan fingerprint density at radius 2 is 1.96 bits per heavy atom. The van der Waals surface area contributed by atoms with Crippen LogP contribution in [0.25, 0.3) is 0 Å². The van der Waals surface area contributed by atoms with Crippen LogP contribution < -0.4 is 10.6 Å². The van der Waals surface area contributed by atoms with Gasteiger partial charge in [-0.05, 0) is 38.5 Å². The first-order chi connectivity index (χ1) is 12.2. The molecule has 0 aliphatic heterocycles. The Hall–Kier alpha value is -1.56. The van der Waals surface area contributed by atoms with E-state index < -0.39 is 0 Å². The molecule has 144 valence electrons. The lowest BCUT2D eigenvalue weighted by molar-refractivity contribution is 0.251. The molecule has 1 aromatic heterocycles. The van der Waals surface area contributed by atoms with Crippen molar-refractivity contribution in [1.82, 2.24) is 15.8 Å². The summed E-state index contributed by atoms with van der Waals surface area (Å²) >= 11 is 0. The highest BCUT2D eigenvalue weighted by Crippen LogP contribution is 2.22. The first kappa shape index (κ1) is 21.5. The van der Waals surface area contributed by atoms with E-state index in [2.05, 4.69) is 41.6 Å². The van der Waals surface area contributed by atoms with Gasteiger partial charge in [-0.15, -0.1) is 0 Å². The van der Waals surface area contributed by atoms with E-state index in [0.29, 0.717) is 18.4 Å². The van der Waals surface area contributed by atoms with E-state index in [4.69, 9.17) is 4.52 Å². The topological polar surface area (TPSA) is 82.7 Å². The maximum absolute atomic E-state index is 9.18. The number of aromatic nitrogens is 1. The molecule has 1 aromatic rings. The van der Waals surface area contributed by atoms with Gasteiger partial charge in [0.05, 0.1) is 5.69 Å². The summed E-state index contributed by atoms with van der Waals surface area (Å²) in [4.78, 5) is 4.60. The van der Waals surface area contributed by atoms with Crippen LogP contribution in [0.5, 0.6) is 0 Å². The van der Waals surface area contributed by atoms with Crippen molar-refractivity contribution < 1.29 is 9.63 Å². The molecule has 6 heteroatoms. The third-order valence-corrected chi connectivity index (χ3v) is 4.51. The highest BCUT2D eigenvalue weighted by atomic mass is 16.5. The summed E-state index contributed by atoms with van der Waals surface area (Å²) in [5, 5.41) is 20.0. The van der Waals surface area contributed by atoms with Crippen LogP contribution in [0, 0.1) is 5.92 Å². The van der Waals surface area contributed by atoms with Crippen molar-refractivity contribution in [3.63, 3.8) is 0 Å². The fourth-order valence-electron chi connectivity index (χ4n) is 2.98. The van der Waals surface area contributed by atoms with Crippen LogP contribution in [0.3, 0.4) is 0 Å². The summed E-state index contributed by atoms with van der Waals surface area (Å²) in [7, 11) is 0. The molecule has 0 bridgehead atoms. The zero-order valence-electron chi connectivity index (χ0n) is 16.3. The minimum absolute atomic E-state index is 0.233. The predicted octanol–water partition coefficient (Wildman–Crippen LogP) is 3.43. The number of nitrogens with one attached hydrogen (secondary N) is 2. The molecule has 0 radical (unpaired) electrons. The van der Waals surface area contributed by atoms with Gasteiger partial charge in [0, 0.05) is 31.7 Å². The summed E-state index contributed by atoms with van der Waals surface area (Å²) in [6, 6.07) is 2.02. The molecule has 1 unspecified atom stereocenters. The molecule has 25 heavy (non-hydrogen) atoms. The van der Waals surface area contributed by atoms with Gasteiger partial charge in [0.1, 0.15) is 6.54 Å². The van der Waals surface area contributed by atoms with E-state index in [9.17, 15) is 5.11 Å². The lowest BCUT2D eigenvalue weighted by Gasteiger charge is -2.18. The van der Waals surface area contributed by atoms with Crippen molar-refractivity contribution in [2.75, 3.05) is 19.7 Å². The minimum atomic E-state index is 0.233. The first-order valence-corrected chi connectivity index (χ1v) is 9.76. The SMILES string of the molecule is CCCC(CCO)CNC(=NCc1cc(C(CC)CC)no1)NCC. The van der Waals surface area contributed by atoms with Crippen molar-refractivity contribution in [2.24, 2.45) is 10.9 Å². The predicted molar refractivity (Wildman–Crippen MR) is 103 cm³/mol. The zero-order chi connectivity index (χ0) is 18.5. The molecule has 0 saturated carbocycles. The molecule has 1 rings (SSSR count). The second-order valence-electron chi connectivity index (χ2n) is 6.47. The van der Waals surface area contributed by atoms with Crippen molar-refractivity contribution >= 4 is 5.96 Å². The maximum Gasteiger partial charge on any atom is 0.191 e.